The van der Waals surface area contributed by atoms with Gasteiger partial charge in [0, 0.05) is 3.57 Å². The second-order valence-corrected chi connectivity index (χ2v) is 5.80. The van der Waals surface area contributed by atoms with E-state index in [1.54, 1.807) is 6.92 Å². The second-order valence-electron chi connectivity index (χ2n) is 4.56. The van der Waals surface area contributed by atoms with Crippen molar-refractivity contribution in [3.8, 4) is 16.9 Å². The van der Waals surface area contributed by atoms with Gasteiger partial charge in [0.25, 0.3) is 0 Å². The van der Waals surface area contributed by atoms with Crippen molar-refractivity contribution in [2.45, 2.75) is 19.4 Å². The van der Waals surface area contributed by atoms with Gasteiger partial charge in [0.15, 0.2) is 0 Å². The quantitative estimate of drug-likeness (QED) is 0.789. The van der Waals surface area contributed by atoms with Crippen molar-refractivity contribution < 1.29 is 14.6 Å². The van der Waals surface area contributed by atoms with Crippen molar-refractivity contribution in [2.75, 3.05) is 0 Å². The van der Waals surface area contributed by atoms with E-state index in [2.05, 4.69) is 46.9 Å². The number of halogens is 1. The summed E-state index contributed by atoms with van der Waals surface area (Å²) in [5, 5.41) is 8.70. The summed E-state index contributed by atoms with van der Waals surface area (Å²) in [5.41, 5.74) is 2.26. The first kappa shape index (κ1) is 14.8. The van der Waals surface area contributed by atoms with Crippen LogP contribution in [-0.2, 0) is 4.79 Å². The lowest BCUT2D eigenvalue weighted by atomic mass is 10.1. The fourth-order valence-corrected chi connectivity index (χ4v) is 2.25. The summed E-state index contributed by atoms with van der Waals surface area (Å²) < 4.78 is 6.76. The molecule has 4 heteroatoms. The van der Waals surface area contributed by atoms with Crippen LogP contribution in [0.2, 0.25) is 0 Å². The SMILES string of the molecule is CC(CC(=O)O)Oc1ccc(-c2ccc(I)cc2)cc1. The molecule has 0 spiro atoms. The maximum atomic E-state index is 10.6. The molecule has 0 fully saturated rings. The average Bonchev–Trinajstić information content (AvgIpc) is 2.39. The molecule has 0 aromatic heterocycles. The lowest BCUT2D eigenvalue weighted by molar-refractivity contribution is -0.138. The minimum absolute atomic E-state index is 0.00112. The number of rotatable bonds is 5. The van der Waals surface area contributed by atoms with E-state index < -0.39 is 5.97 Å². The highest BCUT2D eigenvalue weighted by atomic mass is 127. The number of aliphatic carboxylic acids is 1. The Kier molecular flexibility index (Phi) is 5.00. The van der Waals surface area contributed by atoms with Gasteiger partial charge in [-0.3, -0.25) is 4.79 Å². The minimum Gasteiger partial charge on any atom is -0.490 e. The molecule has 0 amide bonds. The van der Waals surface area contributed by atoms with Gasteiger partial charge in [-0.05, 0) is 64.9 Å². The van der Waals surface area contributed by atoms with Crippen LogP contribution in [0.5, 0.6) is 5.75 Å². The number of hydrogen-bond acceptors (Lipinski definition) is 2. The molecule has 0 bridgehead atoms. The summed E-state index contributed by atoms with van der Waals surface area (Å²) in [6.07, 6.45) is -0.338. The molecular weight excluding hydrogens is 367 g/mol. The average molecular weight is 382 g/mol. The second kappa shape index (κ2) is 6.74. The Labute approximate surface area is 131 Å². The maximum Gasteiger partial charge on any atom is 0.307 e. The van der Waals surface area contributed by atoms with Crippen LogP contribution in [0.15, 0.2) is 48.5 Å². The van der Waals surface area contributed by atoms with Crippen LogP contribution >= 0.6 is 22.6 Å². The molecule has 0 radical (unpaired) electrons. The summed E-state index contributed by atoms with van der Waals surface area (Å²) in [6, 6.07) is 16.0. The highest BCUT2D eigenvalue weighted by Gasteiger charge is 2.09. The predicted molar refractivity (Wildman–Crippen MR) is 86.9 cm³/mol. The largest absolute Gasteiger partial charge is 0.490 e. The van der Waals surface area contributed by atoms with Gasteiger partial charge in [-0.25, -0.2) is 0 Å². The molecule has 1 N–H and O–H groups in total. The first-order valence-electron chi connectivity index (χ1n) is 6.29. The lowest BCUT2D eigenvalue weighted by Crippen LogP contribution is -2.16. The van der Waals surface area contributed by atoms with E-state index >= 15 is 0 Å². The molecule has 2 aromatic carbocycles. The standard InChI is InChI=1S/C16H15IO3/c1-11(10-16(18)19)20-15-8-4-13(5-9-15)12-2-6-14(17)7-3-12/h2-9,11H,10H2,1H3,(H,18,19). The fraction of sp³-hybridized carbons (Fsp3) is 0.188. The molecule has 0 aliphatic rings. The van der Waals surface area contributed by atoms with Crippen molar-refractivity contribution in [1.82, 2.24) is 0 Å². The van der Waals surface area contributed by atoms with Crippen LogP contribution < -0.4 is 4.74 Å². The van der Waals surface area contributed by atoms with E-state index in [4.69, 9.17) is 9.84 Å². The summed E-state index contributed by atoms with van der Waals surface area (Å²) in [4.78, 5) is 10.6. The summed E-state index contributed by atoms with van der Waals surface area (Å²) >= 11 is 2.28. The third-order valence-corrected chi connectivity index (χ3v) is 3.55. The van der Waals surface area contributed by atoms with Gasteiger partial charge in [0.1, 0.15) is 11.9 Å². The number of hydrogen-bond donors (Lipinski definition) is 1. The molecule has 2 rings (SSSR count). The molecule has 104 valence electrons. The first-order valence-corrected chi connectivity index (χ1v) is 7.37. The van der Waals surface area contributed by atoms with Crippen molar-refractivity contribution in [3.63, 3.8) is 0 Å². The zero-order valence-electron chi connectivity index (χ0n) is 11.0. The summed E-state index contributed by atoms with van der Waals surface area (Å²) in [6.45, 7) is 1.75. The third-order valence-electron chi connectivity index (χ3n) is 2.83. The molecule has 0 heterocycles. The van der Waals surface area contributed by atoms with Gasteiger partial charge in [-0.15, -0.1) is 0 Å². The zero-order chi connectivity index (χ0) is 14.5. The van der Waals surface area contributed by atoms with E-state index in [1.807, 2.05) is 24.3 Å². The number of carbonyl (C=O) groups is 1. The monoisotopic (exact) mass is 382 g/mol. The van der Waals surface area contributed by atoms with Gasteiger partial charge in [-0.1, -0.05) is 24.3 Å². The Morgan fingerprint density at radius 2 is 1.60 bits per heavy atom. The fourth-order valence-electron chi connectivity index (χ4n) is 1.89. The number of carboxylic acid groups (broad SMARTS) is 1. The van der Waals surface area contributed by atoms with Crippen LogP contribution in [0.4, 0.5) is 0 Å². The molecule has 0 aliphatic heterocycles. The predicted octanol–water partition coefficient (Wildman–Crippen LogP) is 4.20. The summed E-state index contributed by atoms with van der Waals surface area (Å²) in [7, 11) is 0. The topological polar surface area (TPSA) is 46.5 Å². The zero-order valence-corrected chi connectivity index (χ0v) is 13.2. The summed E-state index contributed by atoms with van der Waals surface area (Å²) in [5.74, 6) is -0.166. The molecule has 20 heavy (non-hydrogen) atoms. The van der Waals surface area contributed by atoms with Crippen LogP contribution in [0.1, 0.15) is 13.3 Å². The molecule has 2 aromatic rings. The van der Waals surface area contributed by atoms with Crippen LogP contribution in [-0.4, -0.2) is 17.2 Å². The smallest absolute Gasteiger partial charge is 0.307 e. The Morgan fingerprint density at radius 3 is 2.10 bits per heavy atom. The molecular formula is C16H15IO3. The minimum atomic E-state index is -0.854. The molecule has 0 saturated heterocycles. The highest BCUT2D eigenvalue weighted by molar-refractivity contribution is 14.1. The molecule has 3 nitrogen and oxygen atoms in total. The third kappa shape index (κ3) is 4.23. The van der Waals surface area contributed by atoms with E-state index in [0.29, 0.717) is 5.75 Å². The first-order chi connectivity index (χ1) is 9.54. The Morgan fingerprint density at radius 1 is 1.10 bits per heavy atom. The van der Waals surface area contributed by atoms with Crippen molar-refractivity contribution in [3.05, 3.63) is 52.1 Å². The molecule has 0 saturated carbocycles. The van der Waals surface area contributed by atoms with Gasteiger partial charge in [-0.2, -0.15) is 0 Å². The Bertz CT molecular complexity index is 576. The molecule has 1 atom stereocenters. The van der Waals surface area contributed by atoms with Crippen molar-refractivity contribution >= 4 is 28.6 Å². The van der Waals surface area contributed by atoms with Crippen LogP contribution in [0, 0.1) is 3.57 Å². The van der Waals surface area contributed by atoms with Crippen LogP contribution in [0.3, 0.4) is 0 Å². The normalized spacial score (nSPS) is 11.9. The number of ether oxygens (including phenoxy) is 1. The number of carboxylic acids is 1. The Hall–Kier alpha value is -1.56. The molecule has 1 unspecified atom stereocenters. The highest BCUT2D eigenvalue weighted by Crippen LogP contribution is 2.23. The van der Waals surface area contributed by atoms with Gasteiger partial charge >= 0.3 is 5.97 Å². The van der Waals surface area contributed by atoms with E-state index in [0.717, 1.165) is 11.1 Å². The van der Waals surface area contributed by atoms with E-state index in [9.17, 15) is 4.79 Å². The van der Waals surface area contributed by atoms with Gasteiger partial charge in [0.2, 0.25) is 0 Å². The van der Waals surface area contributed by atoms with E-state index in [-0.39, 0.29) is 12.5 Å². The number of benzene rings is 2. The maximum absolute atomic E-state index is 10.6. The van der Waals surface area contributed by atoms with Crippen molar-refractivity contribution in [2.24, 2.45) is 0 Å². The van der Waals surface area contributed by atoms with E-state index in [1.165, 1.54) is 3.57 Å². The van der Waals surface area contributed by atoms with Crippen LogP contribution in [0.25, 0.3) is 11.1 Å². The van der Waals surface area contributed by atoms with Gasteiger partial charge in [0.05, 0.1) is 6.42 Å². The lowest BCUT2D eigenvalue weighted by Gasteiger charge is -2.13. The van der Waals surface area contributed by atoms with Crippen molar-refractivity contribution in [1.29, 1.82) is 0 Å². The van der Waals surface area contributed by atoms with Gasteiger partial charge < -0.3 is 9.84 Å². The molecule has 0 aliphatic carbocycles. The Balaban J connectivity index is 2.06.